The van der Waals surface area contributed by atoms with Crippen molar-refractivity contribution in [1.82, 2.24) is 14.8 Å². The number of pyridine rings is 1. The van der Waals surface area contributed by atoms with Crippen LogP contribution in [0.15, 0.2) is 29.3 Å². The fourth-order valence-electron chi connectivity index (χ4n) is 2.02. The molecule has 0 saturated carbocycles. The number of hydrogen-bond donors (Lipinski definition) is 1. The first-order valence-corrected chi connectivity index (χ1v) is 9.47. The van der Waals surface area contributed by atoms with Crippen molar-refractivity contribution < 1.29 is 22.7 Å². The van der Waals surface area contributed by atoms with E-state index in [2.05, 4.69) is 20.1 Å². The molecule has 2 rings (SSSR count). The first kappa shape index (κ1) is 22.0. The minimum Gasteiger partial charge on any atom is -0.469 e. The predicted molar refractivity (Wildman–Crippen MR) is 100 cm³/mol. The lowest BCUT2D eigenvalue weighted by Gasteiger charge is -2.10. The number of esters is 1. The number of hydrogen-bond acceptors (Lipinski definition) is 7. The summed E-state index contributed by atoms with van der Waals surface area (Å²) in [7, 11) is 1.33. The van der Waals surface area contributed by atoms with E-state index in [9.17, 15) is 22.8 Å². The van der Waals surface area contributed by atoms with Crippen LogP contribution in [0.3, 0.4) is 0 Å². The summed E-state index contributed by atoms with van der Waals surface area (Å²) in [4.78, 5) is 26.9. The first-order valence-electron chi connectivity index (χ1n) is 7.94. The number of alkyl halides is 3. The molecule has 0 atom stereocenters. The van der Waals surface area contributed by atoms with Crippen LogP contribution >= 0.6 is 23.4 Å². The van der Waals surface area contributed by atoms with Gasteiger partial charge in [0.05, 0.1) is 31.0 Å². The standard InChI is InChI=1S/C16H16ClF3N4O3S/c1-27-13(25)4-6-28-7-5-21-11-9-23-24(15(26)14(11)17)12-3-2-10(8-22-12)16(18,19)20/h2-3,8-9,21H,4-7H2,1H3. The Bertz CT molecular complexity index is 875. The van der Waals surface area contributed by atoms with Crippen molar-refractivity contribution in [2.45, 2.75) is 12.6 Å². The van der Waals surface area contributed by atoms with Gasteiger partial charge in [-0.1, -0.05) is 11.6 Å². The van der Waals surface area contributed by atoms with Gasteiger partial charge < -0.3 is 10.1 Å². The van der Waals surface area contributed by atoms with Crippen molar-refractivity contribution in [3.63, 3.8) is 0 Å². The number of nitrogens with zero attached hydrogens (tertiary/aromatic N) is 3. The van der Waals surface area contributed by atoms with Crippen LogP contribution in [0.4, 0.5) is 18.9 Å². The third kappa shape index (κ3) is 5.86. The van der Waals surface area contributed by atoms with Crippen LogP contribution < -0.4 is 10.9 Å². The van der Waals surface area contributed by atoms with Gasteiger partial charge in [0.1, 0.15) is 5.02 Å². The Morgan fingerprint density at radius 1 is 1.32 bits per heavy atom. The highest BCUT2D eigenvalue weighted by molar-refractivity contribution is 7.99. The molecule has 0 aliphatic carbocycles. The van der Waals surface area contributed by atoms with Crippen LogP contribution in [0.1, 0.15) is 12.0 Å². The monoisotopic (exact) mass is 436 g/mol. The van der Waals surface area contributed by atoms with E-state index in [1.54, 1.807) is 0 Å². The summed E-state index contributed by atoms with van der Waals surface area (Å²) in [5.74, 6) is 0.885. The van der Waals surface area contributed by atoms with Crippen molar-refractivity contribution >= 4 is 35.0 Å². The predicted octanol–water partition coefficient (Wildman–Crippen LogP) is 3.01. The smallest absolute Gasteiger partial charge is 0.417 e. The summed E-state index contributed by atoms with van der Waals surface area (Å²) in [5.41, 5.74) is -1.35. The Balaban J connectivity index is 1.99. The number of nitrogens with one attached hydrogen (secondary N) is 1. The highest BCUT2D eigenvalue weighted by atomic mass is 35.5. The fraction of sp³-hybridized carbons (Fsp3) is 0.375. The molecule has 0 aromatic carbocycles. The molecule has 0 aliphatic heterocycles. The minimum atomic E-state index is -4.52. The van der Waals surface area contributed by atoms with E-state index < -0.39 is 17.3 Å². The molecule has 28 heavy (non-hydrogen) atoms. The molecule has 0 saturated heterocycles. The Labute approximate surface area is 167 Å². The van der Waals surface area contributed by atoms with E-state index in [0.717, 1.165) is 16.8 Å². The molecule has 7 nitrogen and oxygen atoms in total. The van der Waals surface area contributed by atoms with Crippen molar-refractivity contribution in [1.29, 1.82) is 0 Å². The van der Waals surface area contributed by atoms with Gasteiger partial charge in [0, 0.05) is 24.2 Å². The first-order chi connectivity index (χ1) is 13.2. The maximum absolute atomic E-state index is 12.6. The van der Waals surface area contributed by atoms with Crippen LogP contribution in [0, 0.1) is 0 Å². The number of halogens is 4. The van der Waals surface area contributed by atoms with Gasteiger partial charge in [-0.25, -0.2) is 4.98 Å². The van der Waals surface area contributed by atoms with Gasteiger partial charge in [-0.05, 0) is 12.1 Å². The quantitative estimate of drug-likeness (QED) is 0.503. The zero-order valence-corrected chi connectivity index (χ0v) is 16.2. The van der Waals surface area contributed by atoms with Gasteiger partial charge in [0.15, 0.2) is 5.82 Å². The number of carbonyl (C=O) groups excluding carboxylic acids is 1. The van der Waals surface area contributed by atoms with Gasteiger partial charge in [0.2, 0.25) is 0 Å². The number of rotatable bonds is 8. The largest absolute Gasteiger partial charge is 0.469 e. The maximum atomic E-state index is 12.6. The fourth-order valence-corrected chi connectivity index (χ4v) is 2.97. The molecular weight excluding hydrogens is 421 g/mol. The van der Waals surface area contributed by atoms with Gasteiger partial charge in [-0.2, -0.15) is 34.7 Å². The number of ether oxygens (including phenoxy) is 1. The summed E-state index contributed by atoms with van der Waals surface area (Å²) in [6.07, 6.45) is -2.30. The lowest BCUT2D eigenvalue weighted by atomic mass is 10.3. The molecule has 0 unspecified atom stereocenters. The van der Waals surface area contributed by atoms with E-state index in [-0.39, 0.29) is 16.8 Å². The Hall–Kier alpha value is -2.27. The molecule has 0 fully saturated rings. The number of aromatic nitrogens is 3. The molecule has 0 amide bonds. The third-order valence-corrected chi connectivity index (χ3v) is 4.80. The van der Waals surface area contributed by atoms with E-state index in [4.69, 9.17) is 11.6 Å². The average molecular weight is 437 g/mol. The molecule has 1 N–H and O–H groups in total. The highest BCUT2D eigenvalue weighted by Gasteiger charge is 2.30. The Morgan fingerprint density at radius 3 is 2.68 bits per heavy atom. The summed E-state index contributed by atoms with van der Waals surface area (Å²) in [5, 5.41) is 6.69. The summed E-state index contributed by atoms with van der Waals surface area (Å²) in [6.45, 7) is 0.467. The van der Waals surface area contributed by atoms with Gasteiger partial charge >= 0.3 is 12.1 Å². The SMILES string of the molecule is COC(=O)CCSCCNc1cnn(-c2ccc(C(F)(F)F)cn2)c(=O)c1Cl. The molecule has 2 aromatic rings. The topological polar surface area (TPSA) is 86.1 Å². The molecule has 0 radical (unpaired) electrons. The molecule has 2 heterocycles. The van der Waals surface area contributed by atoms with Crippen molar-refractivity contribution in [2.24, 2.45) is 0 Å². The summed E-state index contributed by atoms with van der Waals surface area (Å²) >= 11 is 7.56. The van der Waals surface area contributed by atoms with Gasteiger partial charge in [0.25, 0.3) is 5.56 Å². The molecule has 152 valence electrons. The van der Waals surface area contributed by atoms with Crippen LogP contribution in [0.25, 0.3) is 5.82 Å². The van der Waals surface area contributed by atoms with Crippen molar-refractivity contribution in [2.75, 3.05) is 30.5 Å². The van der Waals surface area contributed by atoms with E-state index in [0.29, 0.717) is 36.4 Å². The van der Waals surface area contributed by atoms with E-state index >= 15 is 0 Å². The minimum absolute atomic E-state index is 0.0789. The van der Waals surface area contributed by atoms with Gasteiger partial charge in [-0.15, -0.1) is 0 Å². The summed E-state index contributed by atoms with van der Waals surface area (Å²) in [6, 6.07) is 1.85. The second kappa shape index (κ2) is 9.78. The molecular formula is C16H16ClF3N4O3S. The molecule has 2 aromatic heterocycles. The van der Waals surface area contributed by atoms with E-state index in [1.165, 1.54) is 25.1 Å². The lowest BCUT2D eigenvalue weighted by molar-refractivity contribution is -0.140. The van der Waals surface area contributed by atoms with Crippen molar-refractivity contribution in [3.8, 4) is 5.82 Å². The molecule has 0 spiro atoms. The van der Waals surface area contributed by atoms with Crippen LogP contribution in [-0.4, -0.2) is 45.9 Å². The Kier molecular flexibility index (Phi) is 7.69. The maximum Gasteiger partial charge on any atom is 0.417 e. The highest BCUT2D eigenvalue weighted by Crippen LogP contribution is 2.28. The molecule has 12 heteroatoms. The number of carbonyl (C=O) groups is 1. The average Bonchev–Trinajstić information content (AvgIpc) is 2.67. The van der Waals surface area contributed by atoms with Crippen LogP contribution in [0.2, 0.25) is 5.02 Å². The van der Waals surface area contributed by atoms with Crippen molar-refractivity contribution in [3.05, 3.63) is 45.5 Å². The molecule has 0 aliphatic rings. The van der Waals surface area contributed by atoms with Crippen LogP contribution in [-0.2, 0) is 15.7 Å². The number of thioether (sulfide) groups is 1. The normalized spacial score (nSPS) is 11.3. The number of anilines is 1. The van der Waals surface area contributed by atoms with E-state index in [1.807, 2.05) is 0 Å². The summed E-state index contributed by atoms with van der Waals surface area (Å²) < 4.78 is 43.1. The molecule has 0 bridgehead atoms. The van der Waals surface area contributed by atoms with Gasteiger partial charge in [-0.3, -0.25) is 9.59 Å². The zero-order valence-electron chi connectivity index (χ0n) is 14.6. The second-order valence-electron chi connectivity index (χ2n) is 5.36. The number of methoxy groups -OCH3 is 1. The Morgan fingerprint density at radius 2 is 2.07 bits per heavy atom. The zero-order chi connectivity index (χ0) is 20.7. The lowest BCUT2D eigenvalue weighted by Crippen LogP contribution is -2.24. The van der Waals surface area contributed by atoms with Crippen LogP contribution in [0.5, 0.6) is 0 Å². The second-order valence-corrected chi connectivity index (χ2v) is 6.96. The third-order valence-electron chi connectivity index (χ3n) is 3.45.